The zero-order valence-corrected chi connectivity index (χ0v) is 17.0. The number of nitrogens with zero attached hydrogens (tertiary/aromatic N) is 2. The number of rotatable bonds is 9. The number of carbonyl (C=O) groups is 1. The largest absolute Gasteiger partial charge is 0.356 e. The molecule has 7 nitrogen and oxygen atoms in total. The maximum atomic E-state index is 12.4. The fourth-order valence-corrected chi connectivity index (χ4v) is 3.92. The van der Waals surface area contributed by atoms with Crippen LogP contribution >= 0.6 is 0 Å². The quantitative estimate of drug-likeness (QED) is 0.579. The minimum atomic E-state index is -3.55. The van der Waals surface area contributed by atoms with Gasteiger partial charge in [-0.25, -0.2) is 8.42 Å². The van der Waals surface area contributed by atoms with E-state index in [1.54, 1.807) is 24.3 Å². The van der Waals surface area contributed by atoms with Crippen molar-refractivity contribution in [1.29, 1.82) is 0 Å². The van der Waals surface area contributed by atoms with Gasteiger partial charge >= 0.3 is 0 Å². The first-order valence-electron chi connectivity index (χ1n) is 9.34. The van der Waals surface area contributed by atoms with Crippen molar-refractivity contribution in [2.75, 3.05) is 6.54 Å². The van der Waals surface area contributed by atoms with Crippen LogP contribution in [0.1, 0.15) is 29.3 Å². The lowest BCUT2D eigenvalue weighted by molar-refractivity contribution is -0.121. The van der Waals surface area contributed by atoms with Gasteiger partial charge in [0.05, 0.1) is 4.90 Å². The van der Waals surface area contributed by atoms with Gasteiger partial charge in [0.1, 0.15) is 5.75 Å². The highest BCUT2D eigenvalue weighted by Crippen LogP contribution is 2.16. The highest BCUT2D eigenvalue weighted by Gasteiger charge is 2.19. The number of amides is 1. The van der Waals surface area contributed by atoms with Gasteiger partial charge < -0.3 is 9.84 Å². The SMILES string of the molecule is Cc1ccc(S(=O)(=O)Cc2noc(CCC(=O)NCCc3ccccc3)n2)cc1. The fourth-order valence-electron chi connectivity index (χ4n) is 2.75. The number of hydrogen-bond acceptors (Lipinski definition) is 6. The minimum absolute atomic E-state index is 0.0880. The van der Waals surface area contributed by atoms with Crippen molar-refractivity contribution in [3.05, 3.63) is 77.4 Å². The molecule has 0 spiro atoms. The average molecular weight is 413 g/mol. The summed E-state index contributed by atoms with van der Waals surface area (Å²) in [5, 5.41) is 6.58. The van der Waals surface area contributed by atoms with Crippen LogP contribution in [0.25, 0.3) is 0 Å². The molecule has 1 aromatic heterocycles. The van der Waals surface area contributed by atoms with Gasteiger partial charge in [-0.3, -0.25) is 4.79 Å². The topological polar surface area (TPSA) is 102 Å². The second-order valence-electron chi connectivity index (χ2n) is 6.76. The van der Waals surface area contributed by atoms with E-state index < -0.39 is 9.84 Å². The van der Waals surface area contributed by atoms with Crippen molar-refractivity contribution in [1.82, 2.24) is 15.5 Å². The molecule has 0 aliphatic rings. The summed E-state index contributed by atoms with van der Waals surface area (Å²) < 4.78 is 30.0. The maximum Gasteiger partial charge on any atom is 0.227 e. The van der Waals surface area contributed by atoms with Crippen molar-refractivity contribution in [3.63, 3.8) is 0 Å². The van der Waals surface area contributed by atoms with E-state index in [9.17, 15) is 13.2 Å². The third-order valence-electron chi connectivity index (χ3n) is 4.35. The fraction of sp³-hybridized carbons (Fsp3) is 0.286. The van der Waals surface area contributed by atoms with Gasteiger partial charge in [0, 0.05) is 19.4 Å². The normalized spacial score (nSPS) is 11.3. The molecule has 3 aromatic rings. The van der Waals surface area contributed by atoms with Gasteiger partial charge in [-0.15, -0.1) is 0 Å². The first-order chi connectivity index (χ1) is 13.9. The summed E-state index contributed by atoms with van der Waals surface area (Å²) in [7, 11) is -3.55. The highest BCUT2D eigenvalue weighted by molar-refractivity contribution is 7.90. The van der Waals surface area contributed by atoms with Crippen molar-refractivity contribution >= 4 is 15.7 Å². The molecule has 0 bridgehead atoms. The van der Waals surface area contributed by atoms with E-state index in [0.717, 1.165) is 17.5 Å². The average Bonchev–Trinajstić information content (AvgIpc) is 3.14. The molecule has 1 amide bonds. The Bertz CT molecular complexity index is 1050. The zero-order chi connectivity index (χ0) is 20.7. The minimum Gasteiger partial charge on any atom is -0.356 e. The number of sulfone groups is 1. The van der Waals surface area contributed by atoms with Crippen LogP contribution in [0.4, 0.5) is 0 Å². The van der Waals surface area contributed by atoms with Gasteiger partial charge in [-0.05, 0) is 31.0 Å². The number of hydrogen-bond donors (Lipinski definition) is 1. The number of benzene rings is 2. The van der Waals surface area contributed by atoms with E-state index in [0.29, 0.717) is 6.54 Å². The van der Waals surface area contributed by atoms with Crippen LogP contribution in [0.15, 0.2) is 64.0 Å². The van der Waals surface area contributed by atoms with Gasteiger partial charge in [0.2, 0.25) is 11.8 Å². The molecule has 1 heterocycles. The van der Waals surface area contributed by atoms with Crippen molar-refractivity contribution in [2.24, 2.45) is 0 Å². The molecule has 0 radical (unpaired) electrons. The first kappa shape index (κ1) is 20.7. The summed E-state index contributed by atoms with van der Waals surface area (Å²) in [6.07, 6.45) is 1.21. The summed E-state index contributed by atoms with van der Waals surface area (Å²) in [5.41, 5.74) is 2.14. The van der Waals surface area contributed by atoms with E-state index in [4.69, 9.17) is 4.52 Å². The Kier molecular flexibility index (Phi) is 6.77. The van der Waals surface area contributed by atoms with E-state index in [-0.39, 0.29) is 41.1 Å². The Labute approximate surface area is 170 Å². The summed E-state index contributed by atoms with van der Waals surface area (Å²) in [6.45, 7) is 2.44. The molecule has 3 rings (SSSR count). The van der Waals surface area contributed by atoms with E-state index in [2.05, 4.69) is 15.5 Å². The summed E-state index contributed by atoms with van der Waals surface area (Å²) in [6, 6.07) is 16.5. The number of aromatic nitrogens is 2. The lowest BCUT2D eigenvalue weighted by Gasteiger charge is -2.04. The van der Waals surface area contributed by atoms with Gasteiger partial charge in [0.15, 0.2) is 15.7 Å². The molecule has 0 saturated heterocycles. The molecule has 29 heavy (non-hydrogen) atoms. The van der Waals surface area contributed by atoms with Gasteiger partial charge in [0.25, 0.3) is 0 Å². The van der Waals surface area contributed by atoms with Gasteiger partial charge in [-0.2, -0.15) is 4.98 Å². The zero-order valence-electron chi connectivity index (χ0n) is 16.2. The van der Waals surface area contributed by atoms with Crippen LogP contribution in [0.5, 0.6) is 0 Å². The molecule has 1 N–H and O–H groups in total. The predicted molar refractivity (Wildman–Crippen MR) is 108 cm³/mol. The molecule has 0 atom stereocenters. The predicted octanol–water partition coefficient (Wildman–Crippen LogP) is 2.64. The molecule has 0 aliphatic heterocycles. The molecule has 0 unspecified atom stereocenters. The number of aryl methyl sites for hydroxylation is 2. The molecule has 8 heteroatoms. The molecule has 0 aliphatic carbocycles. The van der Waals surface area contributed by atoms with Crippen LogP contribution in [-0.4, -0.2) is 31.0 Å². The molecule has 0 fully saturated rings. The molecule has 0 saturated carbocycles. The smallest absolute Gasteiger partial charge is 0.227 e. The Morgan fingerprint density at radius 1 is 1.03 bits per heavy atom. The summed E-state index contributed by atoms with van der Waals surface area (Å²) in [4.78, 5) is 16.3. The number of nitrogens with one attached hydrogen (secondary N) is 1. The Balaban J connectivity index is 1.46. The lowest BCUT2D eigenvalue weighted by Crippen LogP contribution is -2.25. The van der Waals surface area contributed by atoms with Gasteiger partial charge in [-0.1, -0.05) is 53.2 Å². The molecule has 152 valence electrons. The highest BCUT2D eigenvalue weighted by atomic mass is 32.2. The van der Waals surface area contributed by atoms with E-state index in [1.165, 1.54) is 0 Å². The lowest BCUT2D eigenvalue weighted by atomic mass is 10.1. The van der Waals surface area contributed by atoms with Crippen LogP contribution in [-0.2, 0) is 33.2 Å². The van der Waals surface area contributed by atoms with E-state index >= 15 is 0 Å². The third kappa shape index (κ3) is 6.25. The van der Waals surface area contributed by atoms with Crippen LogP contribution in [0.2, 0.25) is 0 Å². The monoisotopic (exact) mass is 413 g/mol. The third-order valence-corrected chi connectivity index (χ3v) is 5.98. The first-order valence-corrected chi connectivity index (χ1v) is 11.0. The Morgan fingerprint density at radius 2 is 1.76 bits per heavy atom. The second-order valence-corrected chi connectivity index (χ2v) is 8.75. The molecule has 2 aromatic carbocycles. The van der Waals surface area contributed by atoms with Crippen LogP contribution < -0.4 is 5.32 Å². The number of carbonyl (C=O) groups excluding carboxylic acids is 1. The summed E-state index contributed by atoms with van der Waals surface area (Å²) in [5.74, 6) is -0.127. The van der Waals surface area contributed by atoms with Crippen molar-refractivity contribution < 1.29 is 17.7 Å². The Morgan fingerprint density at radius 3 is 2.48 bits per heavy atom. The summed E-state index contributed by atoms with van der Waals surface area (Å²) >= 11 is 0. The molecular weight excluding hydrogens is 390 g/mol. The second kappa shape index (κ2) is 9.47. The van der Waals surface area contributed by atoms with Crippen molar-refractivity contribution in [2.45, 2.75) is 36.8 Å². The van der Waals surface area contributed by atoms with E-state index in [1.807, 2.05) is 37.3 Å². The van der Waals surface area contributed by atoms with Crippen LogP contribution in [0, 0.1) is 6.92 Å². The van der Waals surface area contributed by atoms with Crippen molar-refractivity contribution in [3.8, 4) is 0 Å². The standard InChI is InChI=1S/C21H23N3O4S/c1-16-7-9-18(10-8-16)29(26,27)15-19-23-21(28-24-19)12-11-20(25)22-14-13-17-5-3-2-4-6-17/h2-10H,11-15H2,1H3,(H,22,25). The Hall–Kier alpha value is -3.00. The molecular formula is C21H23N3O4S. The van der Waals surface area contributed by atoms with Crippen LogP contribution in [0.3, 0.4) is 0 Å². The maximum absolute atomic E-state index is 12.4.